The van der Waals surface area contributed by atoms with Crippen LogP contribution >= 0.6 is 11.3 Å². The number of benzene rings is 1. The van der Waals surface area contributed by atoms with Crippen molar-refractivity contribution in [2.75, 3.05) is 46.3 Å². The van der Waals surface area contributed by atoms with Crippen LogP contribution in [0.3, 0.4) is 0 Å². The summed E-state index contributed by atoms with van der Waals surface area (Å²) in [4.78, 5) is 10.8. The fourth-order valence-electron chi connectivity index (χ4n) is 3.31. The van der Waals surface area contributed by atoms with E-state index in [2.05, 4.69) is 74.1 Å². The summed E-state index contributed by atoms with van der Waals surface area (Å²) in [5.41, 5.74) is 2.75. The van der Waals surface area contributed by atoms with Crippen LogP contribution in [0.1, 0.15) is 16.0 Å². The molecule has 2 heterocycles. The van der Waals surface area contributed by atoms with E-state index < -0.39 is 0 Å². The molecule has 3 rings (SSSR count). The quantitative estimate of drug-likeness (QED) is 0.568. The lowest BCUT2D eigenvalue weighted by Gasteiger charge is -2.34. The lowest BCUT2D eigenvalue weighted by atomic mass is 10.2. The van der Waals surface area contributed by atoms with Gasteiger partial charge in [0.2, 0.25) is 0 Å². The van der Waals surface area contributed by atoms with Crippen LogP contribution in [0.15, 0.2) is 46.8 Å². The Morgan fingerprint density at radius 2 is 1.78 bits per heavy atom. The van der Waals surface area contributed by atoms with E-state index in [0.717, 1.165) is 58.3 Å². The van der Waals surface area contributed by atoms with Gasteiger partial charge in [-0.25, -0.2) is 0 Å². The zero-order valence-corrected chi connectivity index (χ0v) is 17.3. The second-order valence-corrected chi connectivity index (χ2v) is 7.98. The molecule has 1 aliphatic heterocycles. The summed E-state index contributed by atoms with van der Waals surface area (Å²) in [7, 11) is 1.83. The summed E-state index contributed by atoms with van der Waals surface area (Å²) in [5, 5.41) is 8.98. The number of hydrogen-bond acceptors (Lipinski definition) is 4. The average molecular weight is 386 g/mol. The zero-order valence-electron chi connectivity index (χ0n) is 16.4. The van der Waals surface area contributed by atoms with E-state index in [1.165, 1.54) is 16.0 Å². The van der Waals surface area contributed by atoms with Crippen molar-refractivity contribution >= 4 is 17.3 Å². The van der Waals surface area contributed by atoms with E-state index in [1.807, 2.05) is 7.05 Å². The van der Waals surface area contributed by atoms with Crippen LogP contribution < -0.4 is 10.6 Å². The Balaban J connectivity index is 1.32. The molecule has 2 aromatic rings. The van der Waals surface area contributed by atoms with Gasteiger partial charge in [0.1, 0.15) is 0 Å². The fourth-order valence-corrected chi connectivity index (χ4v) is 4.16. The molecule has 0 aliphatic carbocycles. The van der Waals surface area contributed by atoms with E-state index in [4.69, 9.17) is 0 Å². The number of aryl methyl sites for hydroxylation is 1. The van der Waals surface area contributed by atoms with E-state index in [1.54, 1.807) is 11.3 Å². The van der Waals surface area contributed by atoms with Crippen LogP contribution in [0.5, 0.6) is 0 Å². The third-order valence-electron chi connectivity index (χ3n) is 5.04. The lowest BCUT2D eigenvalue weighted by molar-refractivity contribution is 0.129. The van der Waals surface area contributed by atoms with Gasteiger partial charge in [-0.2, -0.15) is 0 Å². The molecule has 0 saturated carbocycles. The topological polar surface area (TPSA) is 42.9 Å². The molecule has 1 aromatic heterocycles. The highest BCUT2D eigenvalue weighted by Gasteiger charge is 2.16. The van der Waals surface area contributed by atoms with Gasteiger partial charge in [-0.15, -0.1) is 11.3 Å². The Hall–Kier alpha value is -1.89. The molecule has 0 radical (unpaired) electrons. The van der Waals surface area contributed by atoms with Crippen LogP contribution in [0, 0.1) is 6.92 Å². The molecule has 1 aromatic carbocycles. The van der Waals surface area contributed by atoms with Gasteiger partial charge < -0.3 is 10.6 Å². The molecule has 6 heteroatoms. The first-order chi connectivity index (χ1) is 13.2. The Bertz CT molecular complexity index is 704. The molecule has 0 spiro atoms. The molecule has 146 valence electrons. The van der Waals surface area contributed by atoms with Crippen LogP contribution in [0.4, 0.5) is 0 Å². The molecule has 2 N–H and O–H groups in total. The summed E-state index contributed by atoms with van der Waals surface area (Å²) in [6.45, 7) is 10.6. The van der Waals surface area contributed by atoms with Crippen LogP contribution in [-0.2, 0) is 13.1 Å². The Morgan fingerprint density at radius 1 is 1.04 bits per heavy atom. The van der Waals surface area contributed by atoms with E-state index >= 15 is 0 Å². The van der Waals surface area contributed by atoms with Crippen molar-refractivity contribution in [3.05, 3.63) is 57.8 Å². The highest BCUT2D eigenvalue weighted by Crippen LogP contribution is 2.14. The third kappa shape index (κ3) is 6.34. The van der Waals surface area contributed by atoms with Crippen LogP contribution in [0.2, 0.25) is 0 Å². The molecule has 0 bridgehead atoms. The normalized spacial score (nSPS) is 16.4. The molecule has 0 unspecified atom stereocenters. The number of nitrogens with one attached hydrogen (secondary N) is 2. The van der Waals surface area contributed by atoms with Gasteiger partial charge in [0, 0.05) is 57.7 Å². The Labute approximate surface area is 167 Å². The van der Waals surface area contributed by atoms with Crippen molar-refractivity contribution in [1.82, 2.24) is 20.4 Å². The largest absolute Gasteiger partial charge is 0.355 e. The number of hydrogen-bond donors (Lipinski definition) is 2. The summed E-state index contributed by atoms with van der Waals surface area (Å²) in [6.07, 6.45) is 0. The van der Waals surface area contributed by atoms with Gasteiger partial charge in [0.05, 0.1) is 6.54 Å². The van der Waals surface area contributed by atoms with Crippen LogP contribution in [0.25, 0.3) is 0 Å². The van der Waals surface area contributed by atoms with Crippen molar-refractivity contribution in [2.24, 2.45) is 4.99 Å². The van der Waals surface area contributed by atoms with Gasteiger partial charge in [-0.1, -0.05) is 30.3 Å². The van der Waals surface area contributed by atoms with Crippen molar-refractivity contribution in [3.63, 3.8) is 0 Å². The van der Waals surface area contributed by atoms with Gasteiger partial charge >= 0.3 is 0 Å². The second-order valence-electron chi connectivity index (χ2n) is 6.98. The maximum Gasteiger partial charge on any atom is 0.191 e. The predicted molar refractivity (Wildman–Crippen MR) is 115 cm³/mol. The number of thiophene rings is 1. The average Bonchev–Trinajstić information content (AvgIpc) is 3.11. The minimum absolute atomic E-state index is 0.835. The van der Waals surface area contributed by atoms with Gasteiger partial charge in [0.15, 0.2) is 5.96 Å². The maximum atomic E-state index is 4.33. The first-order valence-electron chi connectivity index (χ1n) is 9.70. The number of guanidine groups is 1. The molecular weight excluding hydrogens is 354 g/mol. The number of aliphatic imine (C=N–C) groups is 1. The predicted octanol–water partition coefficient (Wildman–Crippen LogP) is 2.54. The summed E-state index contributed by atoms with van der Waals surface area (Å²) in [5.74, 6) is 0.880. The molecule has 1 saturated heterocycles. The second kappa shape index (κ2) is 10.4. The first kappa shape index (κ1) is 19.9. The van der Waals surface area contributed by atoms with E-state index in [0.29, 0.717) is 0 Å². The van der Waals surface area contributed by atoms with Gasteiger partial charge in [-0.05, 0) is 29.5 Å². The molecule has 5 nitrogen and oxygen atoms in total. The molecular formula is C21H31N5S. The van der Waals surface area contributed by atoms with Gasteiger partial charge in [-0.3, -0.25) is 14.8 Å². The highest BCUT2D eigenvalue weighted by atomic mass is 32.1. The SMILES string of the molecule is CN=C(NCCN1CCN(Cc2ccccc2)CC1)NCc1sccc1C. The van der Waals surface area contributed by atoms with Crippen molar-refractivity contribution < 1.29 is 0 Å². The molecule has 1 fully saturated rings. The monoisotopic (exact) mass is 385 g/mol. The number of nitrogens with zero attached hydrogens (tertiary/aromatic N) is 3. The van der Waals surface area contributed by atoms with E-state index in [-0.39, 0.29) is 0 Å². The van der Waals surface area contributed by atoms with Crippen molar-refractivity contribution in [3.8, 4) is 0 Å². The fraction of sp³-hybridized carbons (Fsp3) is 0.476. The minimum atomic E-state index is 0.835. The number of piperazine rings is 1. The molecule has 1 aliphatic rings. The number of rotatable bonds is 7. The summed E-state index contributed by atoms with van der Waals surface area (Å²) >= 11 is 1.79. The summed E-state index contributed by atoms with van der Waals surface area (Å²) < 4.78 is 0. The molecule has 27 heavy (non-hydrogen) atoms. The van der Waals surface area contributed by atoms with E-state index in [9.17, 15) is 0 Å². The standard InChI is InChI=1S/C21H31N5S/c1-18-8-15-27-20(18)16-24-21(22-2)23-9-10-25-11-13-26(14-12-25)17-19-6-4-3-5-7-19/h3-8,15H,9-14,16-17H2,1-2H3,(H2,22,23,24). The highest BCUT2D eigenvalue weighted by molar-refractivity contribution is 7.10. The zero-order chi connectivity index (χ0) is 18.9. The van der Waals surface area contributed by atoms with Crippen molar-refractivity contribution in [1.29, 1.82) is 0 Å². The third-order valence-corrected chi connectivity index (χ3v) is 6.07. The van der Waals surface area contributed by atoms with Gasteiger partial charge in [0.25, 0.3) is 0 Å². The maximum absolute atomic E-state index is 4.33. The van der Waals surface area contributed by atoms with Crippen molar-refractivity contribution in [2.45, 2.75) is 20.0 Å². The first-order valence-corrected chi connectivity index (χ1v) is 10.6. The molecule has 0 amide bonds. The Kier molecular flexibility index (Phi) is 7.68. The Morgan fingerprint density at radius 3 is 2.44 bits per heavy atom. The lowest BCUT2D eigenvalue weighted by Crippen LogP contribution is -2.48. The minimum Gasteiger partial charge on any atom is -0.355 e. The molecule has 0 atom stereocenters. The smallest absolute Gasteiger partial charge is 0.191 e. The van der Waals surface area contributed by atoms with Crippen LogP contribution in [-0.4, -0.2) is 62.1 Å². The summed E-state index contributed by atoms with van der Waals surface area (Å²) in [6, 6.07) is 12.9.